The maximum Gasteiger partial charge on any atom is 0.270 e. The average Bonchev–Trinajstić information content (AvgIpc) is 3.17. The topological polar surface area (TPSA) is 75.1 Å². The van der Waals surface area contributed by atoms with E-state index in [-0.39, 0.29) is 10.8 Å². The van der Waals surface area contributed by atoms with E-state index in [1.54, 1.807) is 43.5 Å². The number of methoxy groups -OCH3 is 1. The average molecular weight is 483 g/mol. The number of benzene rings is 1. The molecule has 0 atom stereocenters. The summed E-state index contributed by atoms with van der Waals surface area (Å²) in [7, 11) is -0.268. The predicted molar refractivity (Wildman–Crippen MR) is 125 cm³/mol. The van der Waals surface area contributed by atoms with Crippen LogP contribution in [0.15, 0.2) is 35.4 Å². The Balaban J connectivity index is 1.67. The second kappa shape index (κ2) is 10.2. The van der Waals surface area contributed by atoms with Gasteiger partial charge in [0.1, 0.15) is 16.3 Å². The lowest BCUT2D eigenvalue weighted by Gasteiger charge is -2.35. The standard InChI is InChI=1S/C22H31ClN4O4S/c1-5-27(6-2)32(29,30)19-14-20(24(3)16-19)22(28)26-11-9-25(10-12-26)15-17-13-18(23)7-8-21(17)31-4/h7-8,13-14,16H,5-6,9-12,15H2,1-4H3. The first-order chi connectivity index (χ1) is 15.2. The van der Waals surface area contributed by atoms with Gasteiger partial charge in [0.15, 0.2) is 0 Å². The van der Waals surface area contributed by atoms with Crippen molar-refractivity contribution in [1.29, 1.82) is 0 Å². The van der Waals surface area contributed by atoms with E-state index in [0.717, 1.165) is 11.3 Å². The molecule has 0 radical (unpaired) electrons. The Hall–Kier alpha value is -2.07. The van der Waals surface area contributed by atoms with Gasteiger partial charge in [0, 0.05) is 69.6 Å². The Morgan fingerprint density at radius 3 is 2.38 bits per heavy atom. The van der Waals surface area contributed by atoms with Crippen LogP contribution in [0.2, 0.25) is 5.02 Å². The van der Waals surface area contributed by atoms with E-state index in [4.69, 9.17) is 16.3 Å². The predicted octanol–water partition coefficient (Wildman–Crippen LogP) is 2.68. The Morgan fingerprint density at radius 2 is 1.78 bits per heavy atom. The molecule has 2 aromatic rings. The number of aryl methyl sites for hydroxylation is 1. The lowest BCUT2D eigenvalue weighted by Crippen LogP contribution is -2.48. The largest absolute Gasteiger partial charge is 0.496 e. The van der Waals surface area contributed by atoms with Gasteiger partial charge in [0.25, 0.3) is 5.91 Å². The SMILES string of the molecule is CCN(CC)S(=O)(=O)c1cc(C(=O)N2CCN(Cc3cc(Cl)ccc3OC)CC2)n(C)c1. The third kappa shape index (κ3) is 5.11. The summed E-state index contributed by atoms with van der Waals surface area (Å²) >= 11 is 6.14. The Morgan fingerprint density at radius 1 is 1.12 bits per heavy atom. The fourth-order valence-electron chi connectivity index (χ4n) is 3.98. The quantitative estimate of drug-likeness (QED) is 0.578. The van der Waals surface area contributed by atoms with Crippen LogP contribution in [0.25, 0.3) is 0 Å². The van der Waals surface area contributed by atoms with Gasteiger partial charge in [0.2, 0.25) is 10.0 Å². The number of rotatable bonds is 8. The van der Waals surface area contributed by atoms with E-state index in [0.29, 0.717) is 56.5 Å². The van der Waals surface area contributed by atoms with E-state index in [9.17, 15) is 13.2 Å². The van der Waals surface area contributed by atoms with Crippen molar-refractivity contribution < 1.29 is 17.9 Å². The number of carbonyl (C=O) groups excluding carboxylic acids is 1. The van der Waals surface area contributed by atoms with Crippen LogP contribution < -0.4 is 4.74 Å². The third-order valence-electron chi connectivity index (χ3n) is 5.84. The molecule has 2 heterocycles. The highest BCUT2D eigenvalue weighted by Crippen LogP contribution is 2.25. The Kier molecular flexibility index (Phi) is 7.87. The normalized spacial score (nSPS) is 15.4. The number of halogens is 1. The number of hydrogen-bond acceptors (Lipinski definition) is 5. The first-order valence-electron chi connectivity index (χ1n) is 10.7. The Labute approximate surface area is 195 Å². The van der Waals surface area contributed by atoms with Crippen LogP contribution in [0, 0.1) is 0 Å². The first kappa shape index (κ1) is 24.6. The summed E-state index contributed by atoms with van der Waals surface area (Å²) < 4.78 is 34.0. The molecule has 0 aliphatic carbocycles. The van der Waals surface area contributed by atoms with Crippen LogP contribution in [0.3, 0.4) is 0 Å². The van der Waals surface area contributed by atoms with E-state index in [2.05, 4.69) is 4.90 Å². The van der Waals surface area contributed by atoms with Crippen LogP contribution in [-0.2, 0) is 23.6 Å². The van der Waals surface area contributed by atoms with Gasteiger partial charge in [-0.1, -0.05) is 25.4 Å². The van der Waals surface area contributed by atoms with Gasteiger partial charge in [-0.3, -0.25) is 9.69 Å². The summed E-state index contributed by atoms with van der Waals surface area (Å²) in [4.78, 5) is 17.3. The monoisotopic (exact) mass is 482 g/mol. The van der Waals surface area contributed by atoms with Gasteiger partial charge in [-0.15, -0.1) is 0 Å². The molecule has 1 aliphatic heterocycles. The molecule has 1 saturated heterocycles. The summed E-state index contributed by atoms with van der Waals surface area (Å²) in [5.74, 6) is 0.632. The van der Waals surface area contributed by atoms with Crippen molar-refractivity contribution in [3.63, 3.8) is 0 Å². The number of amides is 1. The number of hydrogen-bond donors (Lipinski definition) is 0. The number of nitrogens with zero attached hydrogens (tertiary/aromatic N) is 4. The zero-order valence-electron chi connectivity index (χ0n) is 19.0. The highest BCUT2D eigenvalue weighted by Gasteiger charge is 2.28. The molecule has 1 aromatic carbocycles. The van der Waals surface area contributed by atoms with E-state index in [1.807, 2.05) is 12.1 Å². The van der Waals surface area contributed by atoms with Gasteiger partial charge in [-0.2, -0.15) is 4.31 Å². The number of piperazine rings is 1. The van der Waals surface area contributed by atoms with Crippen molar-refractivity contribution in [1.82, 2.24) is 18.7 Å². The fourth-order valence-corrected chi connectivity index (χ4v) is 5.71. The molecular formula is C22H31ClN4O4S. The molecule has 0 spiro atoms. The van der Waals surface area contributed by atoms with Gasteiger partial charge in [0.05, 0.1) is 7.11 Å². The molecule has 1 aromatic heterocycles. The van der Waals surface area contributed by atoms with Crippen LogP contribution >= 0.6 is 11.6 Å². The number of carbonyl (C=O) groups is 1. The fraction of sp³-hybridized carbons (Fsp3) is 0.500. The van der Waals surface area contributed by atoms with E-state index < -0.39 is 10.0 Å². The van der Waals surface area contributed by atoms with Crippen molar-refractivity contribution in [2.75, 3.05) is 46.4 Å². The minimum atomic E-state index is -3.61. The Bertz CT molecular complexity index is 1060. The highest BCUT2D eigenvalue weighted by atomic mass is 35.5. The van der Waals surface area contributed by atoms with Crippen LogP contribution in [-0.4, -0.2) is 79.4 Å². The molecule has 0 N–H and O–H groups in total. The second-order valence-electron chi connectivity index (χ2n) is 7.79. The molecule has 3 rings (SSSR count). The summed E-state index contributed by atoms with van der Waals surface area (Å²) in [6.45, 7) is 7.58. The molecular weight excluding hydrogens is 452 g/mol. The molecule has 0 bridgehead atoms. The number of ether oxygens (including phenoxy) is 1. The molecule has 1 aliphatic rings. The minimum absolute atomic E-state index is 0.152. The molecule has 1 amide bonds. The minimum Gasteiger partial charge on any atom is -0.496 e. The molecule has 8 nitrogen and oxygen atoms in total. The van der Waals surface area contributed by atoms with Gasteiger partial charge in [-0.05, 0) is 24.3 Å². The lowest BCUT2D eigenvalue weighted by molar-refractivity contribution is 0.0618. The summed E-state index contributed by atoms with van der Waals surface area (Å²) in [5, 5.41) is 0.661. The van der Waals surface area contributed by atoms with Crippen molar-refractivity contribution in [3.8, 4) is 5.75 Å². The van der Waals surface area contributed by atoms with Crippen molar-refractivity contribution >= 4 is 27.5 Å². The van der Waals surface area contributed by atoms with Crippen LogP contribution in [0.1, 0.15) is 29.9 Å². The molecule has 10 heteroatoms. The van der Waals surface area contributed by atoms with Crippen LogP contribution in [0.4, 0.5) is 0 Å². The molecule has 32 heavy (non-hydrogen) atoms. The lowest BCUT2D eigenvalue weighted by atomic mass is 10.1. The zero-order chi connectivity index (χ0) is 23.5. The van der Waals surface area contributed by atoms with Crippen molar-refractivity contribution in [2.24, 2.45) is 7.05 Å². The number of sulfonamides is 1. The zero-order valence-corrected chi connectivity index (χ0v) is 20.6. The first-order valence-corrected chi connectivity index (χ1v) is 12.5. The molecule has 0 unspecified atom stereocenters. The van der Waals surface area contributed by atoms with Crippen molar-refractivity contribution in [3.05, 3.63) is 46.7 Å². The third-order valence-corrected chi connectivity index (χ3v) is 8.09. The highest BCUT2D eigenvalue weighted by molar-refractivity contribution is 7.89. The molecule has 176 valence electrons. The second-order valence-corrected chi connectivity index (χ2v) is 10.2. The summed E-state index contributed by atoms with van der Waals surface area (Å²) in [6.07, 6.45) is 1.52. The van der Waals surface area contributed by atoms with Gasteiger partial charge < -0.3 is 14.2 Å². The van der Waals surface area contributed by atoms with Gasteiger partial charge in [-0.25, -0.2) is 8.42 Å². The summed E-state index contributed by atoms with van der Waals surface area (Å²) in [5.41, 5.74) is 1.38. The van der Waals surface area contributed by atoms with Crippen molar-refractivity contribution in [2.45, 2.75) is 25.3 Å². The van der Waals surface area contributed by atoms with E-state index >= 15 is 0 Å². The maximum atomic E-state index is 13.1. The number of aromatic nitrogens is 1. The molecule has 1 fully saturated rings. The van der Waals surface area contributed by atoms with Gasteiger partial charge >= 0.3 is 0 Å². The van der Waals surface area contributed by atoms with E-state index in [1.165, 1.54) is 16.6 Å². The maximum absolute atomic E-state index is 13.1. The summed E-state index contributed by atoms with van der Waals surface area (Å²) in [6, 6.07) is 7.05. The smallest absolute Gasteiger partial charge is 0.270 e. The molecule has 0 saturated carbocycles. The van der Waals surface area contributed by atoms with Crippen LogP contribution in [0.5, 0.6) is 5.75 Å².